The summed E-state index contributed by atoms with van der Waals surface area (Å²) in [5.74, 6) is -1.32. The van der Waals surface area contributed by atoms with E-state index in [1.54, 1.807) is 0 Å². The van der Waals surface area contributed by atoms with Crippen LogP contribution < -0.4 is 0 Å². The number of carboxylic acid groups (broad SMARTS) is 1. The number of unbranched alkanes of at least 4 members (excludes halogenated alkanes) is 7. The Kier molecular flexibility index (Phi) is 22.2. The number of carbonyl (C=O) groups is 1. The Morgan fingerprint density at radius 1 is 1.00 bits per heavy atom. The van der Waals surface area contributed by atoms with Crippen molar-refractivity contribution >= 4 is 43.7 Å². The van der Waals surface area contributed by atoms with E-state index in [0.717, 1.165) is 12.8 Å². The molecule has 0 aromatic carbocycles. The first kappa shape index (κ1) is 22.7. The van der Waals surface area contributed by atoms with Gasteiger partial charge in [-0.1, -0.05) is 51.9 Å². The molecule has 0 saturated carbocycles. The molecule has 5 heteroatoms. The Hall–Kier alpha value is 0.595. The molecule has 0 fully saturated rings. The zero-order valence-corrected chi connectivity index (χ0v) is 9.67. The maximum atomic E-state index is 12.6. The standard InChI is InChI=1S/C12H23FO2.2Li.2H/c1-2-3-4-5-6-7-8-9-10-11(13)12(14)15;;;;/h11H,2-10H2,1H3,(H,14,15);;;;. The molecule has 0 spiro atoms. The molecule has 0 aliphatic carbocycles. The van der Waals surface area contributed by atoms with Crippen LogP contribution in [0.4, 0.5) is 4.39 Å². The van der Waals surface area contributed by atoms with Crippen molar-refractivity contribution in [1.82, 2.24) is 0 Å². The molecule has 0 aliphatic rings. The van der Waals surface area contributed by atoms with Crippen LogP contribution in [0.1, 0.15) is 64.7 Å². The molecule has 17 heavy (non-hydrogen) atoms. The summed E-state index contributed by atoms with van der Waals surface area (Å²) in [4.78, 5) is 10.2. The molecule has 0 aliphatic heterocycles. The zero-order chi connectivity index (χ0) is 11.5. The molecule has 0 saturated heterocycles. The molecule has 0 radical (unpaired) electrons. The van der Waals surface area contributed by atoms with Gasteiger partial charge in [-0.15, -0.1) is 0 Å². The third-order valence-electron chi connectivity index (χ3n) is 2.58. The molecule has 0 amide bonds. The molecule has 0 aromatic heterocycles. The Bertz CT molecular complexity index is 169. The van der Waals surface area contributed by atoms with E-state index in [1.807, 2.05) is 0 Å². The SMILES string of the molecule is CCCCCCCCCCC(F)C(=O)O.[LiH].[LiH]. The quantitative estimate of drug-likeness (QED) is 0.466. The van der Waals surface area contributed by atoms with Crippen LogP contribution in [0.15, 0.2) is 0 Å². The van der Waals surface area contributed by atoms with E-state index in [-0.39, 0.29) is 44.1 Å². The first-order valence-electron chi connectivity index (χ1n) is 6.05. The maximum absolute atomic E-state index is 12.6. The van der Waals surface area contributed by atoms with Crippen molar-refractivity contribution in [1.29, 1.82) is 0 Å². The molecule has 0 rings (SSSR count). The van der Waals surface area contributed by atoms with Crippen LogP contribution in [0.2, 0.25) is 0 Å². The van der Waals surface area contributed by atoms with E-state index < -0.39 is 12.1 Å². The van der Waals surface area contributed by atoms with Crippen LogP contribution >= 0.6 is 0 Å². The molecular weight excluding hydrogens is 209 g/mol. The van der Waals surface area contributed by atoms with Gasteiger partial charge in [-0.2, -0.15) is 0 Å². The molecular formula is C12H25FLi2O2. The number of rotatable bonds is 10. The van der Waals surface area contributed by atoms with Crippen molar-refractivity contribution in [2.24, 2.45) is 0 Å². The van der Waals surface area contributed by atoms with Crippen molar-refractivity contribution in [3.8, 4) is 0 Å². The normalized spacial score (nSPS) is 11.2. The summed E-state index contributed by atoms with van der Waals surface area (Å²) in [5, 5.41) is 8.31. The zero-order valence-electron chi connectivity index (χ0n) is 9.67. The van der Waals surface area contributed by atoms with E-state index in [9.17, 15) is 9.18 Å². The van der Waals surface area contributed by atoms with Gasteiger partial charge in [0.15, 0.2) is 6.17 Å². The first-order valence-corrected chi connectivity index (χ1v) is 6.05. The van der Waals surface area contributed by atoms with Crippen LogP contribution in [-0.4, -0.2) is 55.0 Å². The molecule has 2 nitrogen and oxygen atoms in total. The number of hydrogen-bond donors (Lipinski definition) is 1. The van der Waals surface area contributed by atoms with Gasteiger partial charge in [0.05, 0.1) is 0 Å². The summed E-state index contributed by atoms with van der Waals surface area (Å²) >= 11 is 0. The second kappa shape index (κ2) is 16.6. The number of alkyl halides is 1. The van der Waals surface area contributed by atoms with E-state index in [1.165, 1.54) is 32.1 Å². The molecule has 1 atom stereocenters. The third kappa shape index (κ3) is 16.6. The molecule has 1 N–H and O–H groups in total. The van der Waals surface area contributed by atoms with Gasteiger partial charge >= 0.3 is 43.7 Å². The van der Waals surface area contributed by atoms with Crippen molar-refractivity contribution in [2.75, 3.05) is 0 Å². The number of halogens is 1. The van der Waals surface area contributed by atoms with Crippen molar-refractivity contribution < 1.29 is 14.3 Å². The average molecular weight is 234 g/mol. The summed E-state index contributed by atoms with van der Waals surface area (Å²) in [6, 6.07) is 0. The Morgan fingerprint density at radius 2 is 1.41 bits per heavy atom. The Balaban J connectivity index is -0.000000980. The Labute approximate surface area is 128 Å². The first-order chi connectivity index (χ1) is 7.18. The van der Waals surface area contributed by atoms with Gasteiger partial charge in [0.25, 0.3) is 0 Å². The Morgan fingerprint density at radius 3 is 1.82 bits per heavy atom. The summed E-state index contributed by atoms with van der Waals surface area (Å²) < 4.78 is 12.6. The summed E-state index contributed by atoms with van der Waals surface area (Å²) in [7, 11) is 0. The van der Waals surface area contributed by atoms with Crippen molar-refractivity contribution in [2.45, 2.75) is 70.9 Å². The van der Waals surface area contributed by atoms with Crippen LogP contribution in [0.25, 0.3) is 0 Å². The monoisotopic (exact) mass is 234 g/mol. The summed E-state index contributed by atoms with van der Waals surface area (Å²) in [6.45, 7) is 2.19. The fourth-order valence-electron chi connectivity index (χ4n) is 1.58. The van der Waals surface area contributed by atoms with Gasteiger partial charge in [-0.05, 0) is 12.8 Å². The van der Waals surface area contributed by atoms with Crippen molar-refractivity contribution in [3.05, 3.63) is 0 Å². The molecule has 1 unspecified atom stereocenters. The third-order valence-corrected chi connectivity index (χ3v) is 2.58. The van der Waals surface area contributed by atoms with E-state index in [0.29, 0.717) is 6.42 Å². The van der Waals surface area contributed by atoms with Gasteiger partial charge in [-0.3, -0.25) is 0 Å². The van der Waals surface area contributed by atoms with Crippen molar-refractivity contribution in [3.63, 3.8) is 0 Å². The molecule has 0 aromatic rings. The van der Waals surface area contributed by atoms with Crippen LogP contribution in [0.5, 0.6) is 0 Å². The van der Waals surface area contributed by atoms with E-state index >= 15 is 0 Å². The minimum atomic E-state index is -1.66. The second-order valence-corrected chi connectivity index (χ2v) is 4.07. The number of aliphatic carboxylic acids is 1. The average Bonchev–Trinajstić information content (AvgIpc) is 2.21. The topological polar surface area (TPSA) is 37.3 Å². The summed E-state index contributed by atoms with van der Waals surface area (Å²) in [6.07, 6.45) is 7.56. The second-order valence-electron chi connectivity index (χ2n) is 4.07. The predicted octanol–water partition coefficient (Wildman–Crippen LogP) is 2.64. The van der Waals surface area contributed by atoms with Crippen LogP contribution in [0.3, 0.4) is 0 Å². The van der Waals surface area contributed by atoms with Gasteiger partial charge < -0.3 is 5.11 Å². The van der Waals surface area contributed by atoms with E-state index in [4.69, 9.17) is 5.11 Å². The minimum absolute atomic E-state index is 0. The number of carboxylic acids is 1. The predicted molar refractivity (Wildman–Crippen MR) is 74.1 cm³/mol. The van der Waals surface area contributed by atoms with Gasteiger partial charge in [-0.25, -0.2) is 9.18 Å². The summed E-state index contributed by atoms with van der Waals surface area (Å²) in [5.41, 5.74) is 0. The fraction of sp³-hybridized carbons (Fsp3) is 0.917. The molecule has 0 bridgehead atoms. The molecule has 0 heterocycles. The fourth-order valence-corrected chi connectivity index (χ4v) is 1.58. The molecule has 94 valence electrons. The number of hydrogen-bond acceptors (Lipinski definition) is 1. The van der Waals surface area contributed by atoms with Gasteiger partial charge in [0.1, 0.15) is 0 Å². The van der Waals surface area contributed by atoms with E-state index in [2.05, 4.69) is 6.92 Å². The van der Waals surface area contributed by atoms with Gasteiger partial charge in [0.2, 0.25) is 0 Å². The van der Waals surface area contributed by atoms with Crippen LogP contribution in [-0.2, 0) is 4.79 Å². The van der Waals surface area contributed by atoms with Gasteiger partial charge in [0, 0.05) is 0 Å². The van der Waals surface area contributed by atoms with Crippen LogP contribution in [0, 0.1) is 0 Å².